The molecular weight excluding hydrogens is 216 g/mol. The van der Waals surface area contributed by atoms with Crippen LogP contribution in [0.4, 0.5) is 0 Å². The summed E-state index contributed by atoms with van der Waals surface area (Å²) >= 11 is 0. The second-order valence-electron chi connectivity index (χ2n) is 5.58. The third kappa shape index (κ3) is 1.96. The second-order valence-corrected chi connectivity index (χ2v) is 5.58. The SMILES string of the molecule is C/C=C(\C)C(C)(C)c1c(C)ccc2ccccc12. The molecule has 0 saturated heterocycles. The normalized spacial score (nSPS) is 13.1. The van der Waals surface area contributed by atoms with Crippen molar-refractivity contribution in [3.8, 4) is 0 Å². The first-order chi connectivity index (χ1) is 8.48. The zero-order valence-electron chi connectivity index (χ0n) is 12.0. The van der Waals surface area contributed by atoms with Crippen molar-refractivity contribution in [3.05, 3.63) is 59.2 Å². The molecule has 0 amide bonds. The van der Waals surface area contributed by atoms with Crippen LogP contribution in [-0.2, 0) is 5.41 Å². The lowest BCUT2D eigenvalue weighted by Gasteiger charge is -2.30. The second kappa shape index (κ2) is 4.61. The Morgan fingerprint density at radius 1 is 1.06 bits per heavy atom. The Morgan fingerprint density at radius 3 is 2.39 bits per heavy atom. The predicted octanol–water partition coefficient (Wildman–Crippen LogP) is 5.39. The maximum atomic E-state index is 2.32. The van der Waals surface area contributed by atoms with Crippen molar-refractivity contribution >= 4 is 10.8 Å². The van der Waals surface area contributed by atoms with Crippen LogP contribution < -0.4 is 0 Å². The van der Waals surface area contributed by atoms with E-state index in [1.54, 1.807) is 0 Å². The van der Waals surface area contributed by atoms with Gasteiger partial charge in [-0.1, -0.05) is 61.9 Å². The van der Waals surface area contributed by atoms with Gasteiger partial charge in [0.15, 0.2) is 0 Å². The molecule has 2 aromatic rings. The zero-order valence-corrected chi connectivity index (χ0v) is 12.0. The molecule has 0 aliphatic carbocycles. The summed E-state index contributed by atoms with van der Waals surface area (Å²) < 4.78 is 0. The molecular formula is C18H22. The van der Waals surface area contributed by atoms with Crippen LogP contribution >= 0.6 is 0 Å². The minimum atomic E-state index is 0.0830. The lowest BCUT2D eigenvalue weighted by atomic mass is 9.74. The van der Waals surface area contributed by atoms with E-state index >= 15 is 0 Å². The van der Waals surface area contributed by atoms with Crippen LogP contribution in [0.15, 0.2) is 48.0 Å². The topological polar surface area (TPSA) is 0 Å². The van der Waals surface area contributed by atoms with Gasteiger partial charge in [-0.05, 0) is 42.7 Å². The van der Waals surface area contributed by atoms with E-state index in [1.165, 1.54) is 27.5 Å². The van der Waals surface area contributed by atoms with Gasteiger partial charge in [-0.2, -0.15) is 0 Å². The molecule has 0 aromatic heterocycles. The number of hydrogen-bond acceptors (Lipinski definition) is 0. The fourth-order valence-electron chi connectivity index (χ4n) is 2.77. The number of fused-ring (bicyclic) bond motifs is 1. The van der Waals surface area contributed by atoms with Crippen molar-refractivity contribution in [1.29, 1.82) is 0 Å². The molecule has 0 spiro atoms. The molecule has 0 atom stereocenters. The van der Waals surface area contributed by atoms with Gasteiger partial charge in [0.05, 0.1) is 0 Å². The van der Waals surface area contributed by atoms with Crippen molar-refractivity contribution in [3.63, 3.8) is 0 Å². The van der Waals surface area contributed by atoms with E-state index in [1.807, 2.05) is 0 Å². The van der Waals surface area contributed by atoms with Gasteiger partial charge in [0.1, 0.15) is 0 Å². The maximum absolute atomic E-state index is 2.32. The van der Waals surface area contributed by atoms with Crippen LogP contribution in [0.3, 0.4) is 0 Å². The third-order valence-corrected chi connectivity index (χ3v) is 4.18. The van der Waals surface area contributed by atoms with E-state index in [0.29, 0.717) is 0 Å². The van der Waals surface area contributed by atoms with Gasteiger partial charge in [-0.25, -0.2) is 0 Å². The lowest BCUT2D eigenvalue weighted by molar-refractivity contribution is 0.624. The van der Waals surface area contributed by atoms with Gasteiger partial charge >= 0.3 is 0 Å². The van der Waals surface area contributed by atoms with E-state index in [2.05, 4.69) is 77.1 Å². The number of rotatable bonds is 2. The van der Waals surface area contributed by atoms with Gasteiger partial charge in [-0.3, -0.25) is 0 Å². The van der Waals surface area contributed by atoms with Crippen molar-refractivity contribution in [2.75, 3.05) is 0 Å². The van der Waals surface area contributed by atoms with E-state index < -0.39 is 0 Å². The summed E-state index contributed by atoms with van der Waals surface area (Å²) in [6, 6.07) is 13.1. The number of hydrogen-bond donors (Lipinski definition) is 0. The Kier molecular flexibility index (Phi) is 3.30. The van der Waals surface area contributed by atoms with Crippen LogP contribution in [0.2, 0.25) is 0 Å². The summed E-state index contributed by atoms with van der Waals surface area (Å²) in [5.41, 5.74) is 4.33. The van der Waals surface area contributed by atoms with E-state index in [4.69, 9.17) is 0 Å². The Hall–Kier alpha value is -1.56. The van der Waals surface area contributed by atoms with Crippen LogP contribution in [0.25, 0.3) is 10.8 Å². The van der Waals surface area contributed by atoms with Gasteiger partial charge < -0.3 is 0 Å². The minimum Gasteiger partial charge on any atom is -0.0879 e. The summed E-state index contributed by atoms with van der Waals surface area (Å²) in [6.45, 7) is 11.2. The van der Waals surface area contributed by atoms with Crippen molar-refractivity contribution < 1.29 is 0 Å². The first-order valence-electron chi connectivity index (χ1n) is 6.60. The molecule has 0 unspecified atom stereocenters. The molecule has 0 fully saturated rings. The standard InChI is InChI=1S/C18H22/c1-6-14(3)18(4,5)17-13(2)11-12-15-9-7-8-10-16(15)17/h6-12H,1-5H3/b14-6+. The monoisotopic (exact) mass is 238 g/mol. The fourth-order valence-corrected chi connectivity index (χ4v) is 2.77. The third-order valence-electron chi connectivity index (χ3n) is 4.18. The van der Waals surface area contributed by atoms with Gasteiger partial charge in [0.2, 0.25) is 0 Å². The molecule has 94 valence electrons. The van der Waals surface area contributed by atoms with E-state index in [0.717, 1.165) is 0 Å². The Bertz CT molecular complexity index is 600. The highest BCUT2D eigenvalue weighted by molar-refractivity contribution is 5.88. The quantitative estimate of drug-likeness (QED) is 0.615. The van der Waals surface area contributed by atoms with Crippen LogP contribution in [0.1, 0.15) is 38.8 Å². The van der Waals surface area contributed by atoms with Crippen molar-refractivity contribution in [2.24, 2.45) is 0 Å². The Labute approximate surface area is 110 Å². The first kappa shape index (κ1) is 12.9. The predicted molar refractivity (Wildman–Crippen MR) is 81.1 cm³/mol. The Morgan fingerprint density at radius 2 is 1.72 bits per heavy atom. The number of allylic oxidation sites excluding steroid dienone is 2. The summed E-state index contributed by atoms with van der Waals surface area (Å²) in [7, 11) is 0. The molecule has 0 radical (unpaired) electrons. The van der Waals surface area contributed by atoms with Gasteiger partial charge in [0, 0.05) is 5.41 Å². The highest BCUT2D eigenvalue weighted by Crippen LogP contribution is 2.37. The molecule has 0 N–H and O–H groups in total. The smallest absolute Gasteiger partial charge is 0.0111 e. The molecule has 2 rings (SSSR count). The molecule has 18 heavy (non-hydrogen) atoms. The maximum Gasteiger partial charge on any atom is 0.0111 e. The molecule has 0 nitrogen and oxygen atoms in total. The molecule has 0 aliphatic heterocycles. The van der Waals surface area contributed by atoms with Crippen LogP contribution in [0.5, 0.6) is 0 Å². The zero-order chi connectivity index (χ0) is 13.3. The summed E-state index contributed by atoms with van der Waals surface area (Å²) in [5.74, 6) is 0. The highest BCUT2D eigenvalue weighted by atomic mass is 14.3. The summed E-state index contributed by atoms with van der Waals surface area (Å²) in [6.07, 6.45) is 2.22. The molecule has 2 aromatic carbocycles. The molecule has 0 aliphatic rings. The summed E-state index contributed by atoms with van der Waals surface area (Å²) in [5, 5.41) is 2.71. The molecule has 0 heteroatoms. The fraction of sp³-hybridized carbons (Fsp3) is 0.333. The van der Waals surface area contributed by atoms with Gasteiger partial charge in [0.25, 0.3) is 0 Å². The number of aryl methyl sites for hydroxylation is 1. The van der Waals surface area contributed by atoms with Crippen LogP contribution in [0, 0.1) is 6.92 Å². The first-order valence-corrected chi connectivity index (χ1v) is 6.60. The molecule has 0 saturated carbocycles. The molecule has 0 heterocycles. The highest BCUT2D eigenvalue weighted by Gasteiger charge is 2.25. The van der Waals surface area contributed by atoms with Crippen molar-refractivity contribution in [2.45, 2.75) is 40.0 Å². The van der Waals surface area contributed by atoms with E-state index in [-0.39, 0.29) is 5.41 Å². The van der Waals surface area contributed by atoms with Gasteiger partial charge in [-0.15, -0.1) is 0 Å². The minimum absolute atomic E-state index is 0.0830. The molecule has 0 bridgehead atoms. The average molecular weight is 238 g/mol. The Balaban J connectivity index is 2.81. The largest absolute Gasteiger partial charge is 0.0879 e. The van der Waals surface area contributed by atoms with Crippen LogP contribution in [-0.4, -0.2) is 0 Å². The lowest BCUT2D eigenvalue weighted by Crippen LogP contribution is -2.20. The summed E-state index contributed by atoms with van der Waals surface area (Å²) in [4.78, 5) is 0. The van der Waals surface area contributed by atoms with E-state index in [9.17, 15) is 0 Å². The van der Waals surface area contributed by atoms with Crippen molar-refractivity contribution in [1.82, 2.24) is 0 Å². The average Bonchev–Trinajstić information content (AvgIpc) is 2.37. The number of benzene rings is 2.